The lowest BCUT2D eigenvalue weighted by molar-refractivity contribution is 0.0937. The summed E-state index contributed by atoms with van der Waals surface area (Å²) in [6.07, 6.45) is 0. The molecule has 0 spiro atoms. The fourth-order valence-corrected chi connectivity index (χ4v) is 1.31. The Bertz CT molecular complexity index is 333. The summed E-state index contributed by atoms with van der Waals surface area (Å²) < 4.78 is 4.85. The third-order valence-electron chi connectivity index (χ3n) is 2.29. The maximum atomic E-state index is 11.6. The average molecular weight is 222 g/mol. The fraction of sp³-hybridized carbons (Fsp3) is 0.417. The van der Waals surface area contributed by atoms with Crippen LogP contribution in [0, 0.1) is 0 Å². The summed E-state index contributed by atoms with van der Waals surface area (Å²) in [6.45, 7) is 2.95. The number of hydrogen-bond acceptors (Lipinski definition) is 3. The van der Waals surface area contributed by atoms with Crippen LogP contribution in [0.2, 0.25) is 0 Å². The SMILES string of the molecule is COCCNC(=O)c1ccc([C@H](C)N)cc1. The van der Waals surface area contributed by atoms with Gasteiger partial charge in [-0.2, -0.15) is 0 Å². The number of methoxy groups -OCH3 is 1. The third-order valence-corrected chi connectivity index (χ3v) is 2.29. The Morgan fingerprint density at radius 2 is 2.06 bits per heavy atom. The van der Waals surface area contributed by atoms with Crippen LogP contribution in [0.1, 0.15) is 28.9 Å². The highest BCUT2D eigenvalue weighted by atomic mass is 16.5. The van der Waals surface area contributed by atoms with E-state index in [2.05, 4.69) is 5.32 Å². The van der Waals surface area contributed by atoms with Crippen molar-refractivity contribution in [3.05, 3.63) is 35.4 Å². The molecule has 0 radical (unpaired) electrons. The molecule has 0 bridgehead atoms. The normalized spacial score (nSPS) is 12.2. The molecular weight excluding hydrogens is 204 g/mol. The number of ether oxygens (including phenoxy) is 1. The molecule has 4 heteroatoms. The number of rotatable bonds is 5. The molecule has 1 aromatic rings. The predicted molar refractivity (Wildman–Crippen MR) is 63.3 cm³/mol. The Labute approximate surface area is 95.8 Å². The first-order chi connectivity index (χ1) is 7.65. The third kappa shape index (κ3) is 3.64. The van der Waals surface area contributed by atoms with E-state index in [1.165, 1.54) is 0 Å². The van der Waals surface area contributed by atoms with Crippen LogP contribution in [-0.4, -0.2) is 26.2 Å². The van der Waals surface area contributed by atoms with E-state index in [-0.39, 0.29) is 11.9 Å². The van der Waals surface area contributed by atoms with E-state index in [1.807, 2.05) is 19.1 Å². The summed E-state index contributed by atoms with van der Waals surface area (Å²) in [5.74, 6) is -0.0896. The van der Waals surface area contributed by atoms with Crippen LogP contribution in [0.4, 0.5) is 0 Å². The highest BCUT2D eigenvalue weighted by molar-refractivity contribution is 5.94. The highest BCUT2D eigenvalue weighted by Crippen LogP contribution is 2.10. The van der Waals surface area contributed by atoms with E-state index in [0.29, 0.717) is 18.7 Å². The molecule has 0 aromatic heterocycles. The minimum absolute atomic E-state index is 0.00870. The molecule has 0 aliphatic heterocycles. The van der Waals surface area contributed by atoms with E-state index < -0.39 is 0 Å². The molecule has 88 valence electrons. The van der Waals surface area contributed by atoms with Gasteiger partial charge < -0.3 is 15.8 Å². The average Bonchev–Trinajstić information content (AvgIpc) is 2.29. The zero-order chi connectivity index (χ0) is 12.0. The number of nitrogens with two attached hydrogens (primary N) is 1. The zero-order valence-corrected chi connectivity index (χ0v) is 9.69. The van der Waals surface area contributed by atoms with Gasteiger partial charge in [0.25, 0.3) is 5.91 Å². The molecule has 0 unspecified atom stereocenters. The van der Waals surface area contributed by atoms with Crippen molar-refractivity contribution in [3.8, 4) is 0 Å². The molecule has 1 aromatic carbocycles. The molecule has 0 aliphatic rings. The molecule has 4 nitrogen and oxygen atoms in total. The fourth-order valence-electron chi connectivity index (χ4n) is 1.31. The van der Waals surface area contributed by atoms with Crippen molar-refractivity contribution >= 4 is 5.91 Å². The van der Waals surface area contributed by atoms with Crippen LogP contribution in [0.25, 0.3) is 0 Å². The number of nitrogens with one attached hydrogen (secondary N) is 1. The largest absolute Gasteiger partial charge is 0.383 e. The van der Waals surface area contributed by atoms with Crippen LogP contribution >= 0.6 is 0 Å². The quantitative estimate of drug-likeness (QED) is 0.733. The second-order valence-corrected chi connectivity index (χ2v) is 3.66. The van der Waals surface area contributed by atoms with Crippen LogP contribution in [-0.2, 0) is 4.74 Å². The van der Waals surface area contributed by atoms with E-state index in [9.17, 15) is 4.79 Å². The molecule has 1 amide bonds. The maximum absolute atomic E-state index is 11.6. The first-order valence-corrected chi connectivity index (χ1v) is 5.28. The minimum Gasteiger partial charge on any atom is -0.383 e. The summed E-state index contributed by atoms with van der Waals surface area (Å²) in [6, 6.07) is 7.29. The lowest BCUT2D eigenvalue weighted by Crippen LogP contribution is -2.26. The Morgan fingerprint density at radius 3 is 2.56 bits per heavy atom. The van der Waals surface area contributed by atoms with Gasteiger partial charge in [-0.3, -0.25) is 4.79 Å². The monoisotopic (exact) mass is 222 g/mol. The van der Waals surface area contributed by atoms with Crippen LogP contribution in [0.3, 0.4) is 0 Å². The Morgan fingerprint density at radius 1 is 1.44 bits per heavy atom. The topological polar surface area (TPSA) is 64.3 Å². The Kier molecular flexibility index (Phi) is 4.95. The summed E-state index contributed by atoms with van der Waals surface area (Å²) in [5, 5.41) is 2.75. The molecule has 0 saturated carbocycles. The van der Waals surface area contributed by atoms with Gasteiger partial charge in [0.15, 0.2) is 0 Å². The van der Waals surface area contributed by atoms with Crippen molar-refractivity contribution in [2.45, 2.75) is 13.0 Å². The summed E-state index contributed by atoms with van der Waals surface area (Å²) in [5.41, 5.74) is 7.38. The Hall–Kier alpha value is -1.39. The number of hydrogen-bond donors (Lipinski definition) is 2. The van der Waals surface area contributed by atoms with E-state index in [0.717, 1.165) is 5.56 Å². The maximum Gasteiger partial charge on any atom is 0.251 e. The zero-order valence-electron chi connectivity index (χ0n) is 9.69. The van der Waals surface area contributed by atoms with Crippen molar-refractivity contribution in [3.63, 3.8) is 0 Å². The van der Waals surface area contributed by atoms with Gasteiger partial charge in [0.2, 0.25) is 0 Å². The van der Waals surface area contributed by atoms with E-state index in [4.69, 9.17) is 10.5 Å². The van der Waals surface area contributed by atoms with Gasteiger partial charge >= 0.3 is 0 Å². The molecule has 0 aliphatic carbocycles. The number of benzene rings is 1. The van der Waals surface area contributed by atoms with Gasteiger partial charge in [-0.15, -0.1) is 0 Å². The standard InChI is InChI=1S/C12H18N2O2/c1-9(13)10-3-5-11(6-4-10)12(15)14-7-8-16-2/h3-6,9H,7-8,13H2,1-2H3,(H,14,15)/t9-/m0/s1. The molecule has 0 fully saturated rings. The second-order valence-electron chi connectivity index (χ2n) is 3.66. The lowest BCUT2D eigenvalue weighted by Gasteiger charge is -2.07. The molecule has 1 atom stereocenters. The molecule has 3 N–H and O–H groups in total. The van der Waals surface area contributed by atoms with Crippen LogP contribution < -0.4 is 11.1 Å². The minimum atomic E-state index is -0.0896. The van der Waals surface area contributed by atoms with Gasteiger partial charge in [0.05, 0.1) is 6.61 Å². The number of carbonyl (C=O) groups excluding carboxylic acids is 1. The summed E-state index contributed by atoms with van der Waals surface area (Å²) >= 11 is 0. The highest BCUT2D eigenvalue weighted by Gasteiger charge is 2.05. The molecule has 0 heterocycles. The van der Waals surface area contributed by atoms with Gasteiger partial charge in [0.1, 0.15) is 0 Å². The van der Waals surface area contributed by atoms with Crippen LogP contribution in [0.15, 0.2) is 24.3 Å². The first kappa shape index (κ1) is 12.7. The molecule has 1 rings (SSSR count). The second kappa shape index (κ2) is 6.25. The smallest absolute Gasteiger partial charge is 0.251 e. The van der Waals surface area contributed by atoms with Gasteiger partial charge in [-0.05, 0) is 24.6 Å². The predicted octanol–water partition coefficient (Wildman–Crippen LogP) is 1.08. The van der Waals surface area contributed by atoms with Crippen molar-refractivity contribution in [1.82, 2.24) is 5.32 Å². The number of carbonyl (C=O) groups is 1. The lowest BCUT2D eigenvalue weighted by atomic mass is 10.1. The van der Waals surface area contributed by atoms with Gasteiger partial charge in [0, 0.05) is 25.3 Å². The van der Waals surface area contributed by atoms with Crippen molar-refractivity contribution in [1.29, 1.82) is 0 Å². The van der Waals surface area contributed by atoms with Crippen LogP contribution in [0.5, 0.6) is 0 Å². The molecule has 16 heavy (non-hydrogen) atoms. The summed E-state index contributed by atoms with van der Waals surface area (Å²) in [7, 11) is 1.60. The first-order valence-electron chi connectivity index (χ1n) is 5.28. The Balaban J connectivity index is 2.56. The number of amides is 1. The molecular formula is C12H18N2O2. The van der Waals surface area contributed by atoms with Crippen molar-refractivity contribution < 1.29 is 9.53 Å². The van der Waals surface area contributed by atoms with Gasteiger partial charge in [-0.1, -0.05) is 12.1 Å². The summed E-state index contributed by atoms with van der Waals surface area (Å²) in [4.78, 5) is 11.6. The van der Waals surface area contributed by atoms with E-state index >= 15 is 0 Å². The van der Waals surface area contributed by atoms with Crippen molar-refractivity contribution in [2.75, 3.05) is 20.3 Å². The molecule has 0 saturated heterocycles. The van der Waals surface area contributed by atoms with Crippen molar-refractivity contribution in [2.24, 2.45) is 5.73 Å². The van der Waals surface area contributed by atoms with E-state index in [1.54, 1.807) is 19.2 Å². The van der Waals surface area contributed by atoms with Gasteiger partial charge in [-0.25, -0.2) is 0 Å².